The molecule has 1 heterocycles. The first-order valence-corrected chi connectivity index (χ1v) is 10.7. The molecule has 0 aliphatic heterocycles. The van der Waals surface area contributed by atoms with Crippen molar-refractivity contribution in [2.24, 2.45) is 5.92 Å². The third-order valence-corrected chi connectivity index (χ3v) is 6.47. The minimum absolute atomic E-state index is 0.00870. The van der Waals surface area contributed by atoms with Crippen LogP contribution in [0.2, 0.25) is 5.02 Å². The minimum atomic E-state index is -3.73. The number of hydrogen-bond donors (Lipinski definition) is 2. The van der Waals surface area contributed by atoms with Crippen molar-refractivity contribution in [1.29, 1.82) is 0 Å². The van der Waals surface area contributed by atoms with Crippen LogP contribution in [-0.2, 0) is 10.0 Å². The standard InChI is InChI=1S/C18H23ClN4O3S/c1-11(2)22-27(25,26)14-6-7-16(19)15(10-14)18(24)21-17-8-9-20-23(17)12(3)13-4-5-13/h6-13,22H,4-5H2,1-3H3,(H,21,24). The van der Waals surface area contributed by atoms with Crippen LogP contribution in [0.3, 0.4) is 0 Å². The van der Waals surface area contributed by atoms with E-state index in [0.29, 0.717) is 11.7 Å². The molecule has 1 aromatic carbocycles. The van der Waals surface area contributed by atoms with E-state index in [1.165, 1.54) is 18.2 Å². The van der Waals surface area contributed by atoms with E-state index in [4.69, 9.17) is 11.6 Å². The van der Waals surface area contributed by atoms with Gasteiger partial charge in [0.1, 0.15) is 5.82 Å². The van der Waals surface area contributed by atoms with Crippen molar-refractivity contribution in [3.8, 4) is 0 Å². The zero-order chi connectivity index (χ0) is 19.8. The van der Waals surface area contributed by atoms with Crippen LogP contribution >= 0.6 is 11.6 Å². The van der Waals surface area contributed by atoms with Crippen molar-refractivity contribution >= 4 is 33.3 Å². The molecule has 9 heteroatoms. The first-order chi connectivity index (χ1) is 12.7. The van der Waals surface area contributed by atoms with Crippen LogP contribution in [-0.4, -0.2) is 30.1 Å². The maximum Gasteiger partial charge on any atom is 0.258 e. The van der Waals surface area contributed by atoms with E-state index in [1.807, 2.05) is 0 Å². The van der Waals surface area contributed by atoms with Crippen molar-refractivity contribution in [1.82, 2.24) is 14.5 Å². The van der Waals surface area contributed by atoms with Crippen LogP contribution in [0.1, 0.15) is 50.0 Å². The fraction of sp³-hybridized carbons (Fsp3) is 0.444. The molecule has 2 N–H and O–H groups in total. The Morgan fingerprint density at radius 2 is 1.96 bits per heavy atom. The van der Waals surface area contributed by atoms with Crippen molar-refractivity contribution in [2.75, 3.05) is 5.32 Å². The zero-order valence-electron chi connectivity index (χ0n) is 15.4. The zero-order valence-corrected chi connectivity index (χ0v) is 17.0. The summed E-state index contributed by atoms with van der Waals surface area (Å²) in [6.45, 7) is 5.52. The molecule has 1 atom stereocenters. The molecule has 0 spiro atoms. The largest absolute Gasteiger partial charge is 0.307 e. The molecule has 1 saturated carbocycles. The topological polar surface area (TPSA) is 93.1 Å². The second-order valence-corrected chi connectivity index (χ2v) is 9.23. The molecule has 0 radical (unpaired) electrons. The minimum Gasteiger partial charge on any atom is -0.307 e. The summed E-state index contributed by atoms with van der Waals surface area (Å²) in [7, 11) is -3.73. The number of carbonyl (C=O) groups is 1. The number of amides is 1. The Kier molecular flexibility index (Phi) is 5.60. The number of anilines is 1. The van der Waals surface area contributed by atoms with Crippen molar-refractivity contribution in [3.63, 3.8) is 0 Å². The van der Waals surface area contributed by atoms with Gasteiger partial charge in [0.25, 0.3) is 5.91 Å². The lowest BCUT2D eigenvalue weighted by atomic mass is 10.2. The van der Waals surface area contributed by atoms with E-state index >= 15 is 0 Å². The van der Waals surface area contributed by atoms with Gasteiger partial charge in [0.15, 0.2) is 0 Å². The summed E-state index contributed by atoms with van der Waals surface area (Å²) in [5.41, 5.74) is 0.0927. The molecular formula is C18H23ClN4O3S. The van der Waals surface area contributed by atoms with Gasteiger partial charge in [-0.15, -0.1) is 0 Å². The summed E-state index contributed by atoms with van der Waals surface area (Å²) in [5, 5.41) is 7.27. The van der Waals surface area contributed by atoms with Crippen LogP contribution in [0.15, 0.2) is 35.4 Å². The number of halogens is 1. The molecule has 2 aromatic rings. The SMILES string of the molecule is CC(C)NS(=O)(=O)c1ccc(Cl)c(C(=O)Nc2ccnn2C(C)C2CC2)c1. The molecule has 1 aliphatic carbocycles. The van der Waals surface area contributed by atoms with E-state index < -0.39 is 15.9 Å². The second kappa shape index (κ2) is 7.61. The van der Waals surface area contributed by atoms with Gasteiger partial charge in [-0.25, -0.2) is 17.8 Å². The Balaban J connectivity index is 1.85. The molecule has 1 unspecified atom stereocenters. The highest BCUT2D eigenvalue weighted by Gasteiger charge is 2.31. The Labute approximate surface area is 164 Å². The number of nitrogens with one attached hydrogen (secondary N) is 2. The van der Waals surface area contributed by atoms with Crippen molar-refractivity contribution in [3.05, 3.63) is 41.0 Å². The average molecular weight is 411 g/mol. The van der Waals surface area contributed by atoms with Gasteiger partial charge in [0.05, 0.1) is 27.7 Å². The predicted molar refractivity (Wildman–Crippen MR) is 105 cm³/mol. The van der Waals surface area contributed by atoms with Crippen LogP contribution < -0.4 is 10.0 Å². The lowest BCUT2D eigenvalue weighted by Gasteiger charge is -2.16. The highest BCUT2D eigenvalue weighted by atomic mass is 35.5. The van der Waals surface area contributed by atoms with E-state index in [-0.39, 0.29) is 27.6 Å². The number of carbonyl (C=O) groups excluding carboxylic acids is 1. The molecule has 0 bridgehead atoms. The van der Waals surface area contributed by atoms with Gasteiger partial charge < -0.3 is 5.32 Å². The number of nitrogens with zero attached hydrogens (tertiary/aromatic N) is 2. The molecule has 0 saturated heterocycles. The smallest absolute Gasteiger partial charge is 0.258 e. The predicted octanol–water partition coefficient (Wildman–Crippen LogP) is 3.45. The molecule has 1 fully saturated rings. The van der Waals surface area contributed by atoms with E-state index in [9.17, 15) is 13.2 Å². The number of sulfonamides is 1. The quantitative estimate of drug-likeness (QED) is 0.731. The number of aromatic nitrogens is 2. The summed E-state index contributed by atoms with van der Waals surface area (Å²) in [6, 6.07) is 5.71. The monoisotopic (exact) mass is 410 g/mol. The van der Waals surface area contributed by atoms with Crippen LogP contribution in [0.4, 0.5) is 5.82 Å². The molecule has 7 nitrogen and oxygen atoms in total. The van der Waals surface area contributed by atoms with E-state index in [0.717, 1.165) is 12.8 Å². The highest BCUT2D eigenvalue weighted by Crippen LogP contribution is 2.40. The Bertz CT molecular complexity index is 951. The molecule has 1 aliphatic rings. The van der Waals surface area contributed by atoms with E-state index in [2.05, 4.69) is 22.1 Å². The Morgan fingerprint density at radius 3 is 2.59 bits per heavy atom. The molecule has 146 valence electrons. The van der Waals surface area contributed by atoms with Gasteiger partial charge in [-0.3, -0.25) is 4.79 Å². The van der Waals surface area contributed by atoms with Crippen molar-refractivity contribution < 1.29 is 13.2 Å². The van der Waals surface area contributed by atoms with Gasteiger partial charge in [0.2, 0.25) is 10.0 Å². The Hall–Kier alpha value is -1.90. The van der Waals surface area contributed by atoms with Crippen LogP contribution in [0, 0.1) is 5.92 Å². The average Bonchev–Trinajstić information content (AvgIpc) is 3.33. The second-order valence-electron chi connectivity index (χ2n) is 7.11. The fourth-order valence-electron chi connectivity index (χ4n) is 2.92. The molecular weight excluding hydrogens is 388 g/mol. The lowest BCUT2D eigenvalue weighted by molar-refractivity contribution is 0.102. The molecule has 1 aromatic heterocycles. The first kappa shape index (κ1) is 19.9. The van der Waals surface area contributed by atoms with Crippen LogP contribution in [0.25, 0.3) is 0 Å². The summed E-state index contributed by atoms with van der Waals surface area (Å²) in [5.74, 6) is 0.648. The third-order valence-electron chi connectivity index (χ3n) is 4.49. The summed E-state index contributed by atoms with van der Waals surface area (Å²) in [4.78, 5) is 12.7. The van der Waals surface area contributed by atoms with Gasteiger partial charge in [-0.2, -0.15) is 5.10 Å². The fourth-order valence-corrected chi connectivity index (χ4v) is 4.40. The lowest BCUT2D eigenvalue weighted by Crippen LogP contribution is -2.30. The summed E-state index contributed by atoms with van der Waals surface area (Å²) < 4.78 is 29.0. The van der Waals surface area contributed by atoms with Gasteiger partial charge in [0, 0.05) is 12.1 Å². The maximum atomic E-state index is 12.7. The molecule has 3 rings (SSSR count). The third kappa shape index (κ3) is 4.51. The summed E-state index contributed by atoms with van der Waals surface area (Å²) in [6.07, 6.45) is 3.94. The highest BCUT2D eigenvalue weighted by molar-refractivity contribution is 7.89. The Morgan fingerprint density at radius 1 is 1.26 bits per heavy atom. The van der Waals surface area contributed by atoms with Gasteiger partial charge in [-0.05, 0) is 57.7 Å². The van der Waals surface area contributed by atoms with Gasteiger partial charge >= 0.3 is 0 Å². The molecule has 1 amide bonds. The normalized spacial score (nSPS) is 15.7. The molecule has 27 heavy (non-hydrogen) atoms. The van der Waals surface area contributed by atoms with Gasteiger partial charge in [-0.1, -0.05) is 11.6 Å². The summed E-state index contributed by atoms with van der Waals surface area (Å²) >= 11 is 6.15. The number of rotatable bonds is 7. The van der Waals surface area contributed by atoms with E-state index in [1.54, 1.807) is 30.8 Å². The van der Waals surface area contributed by atoms with Crippen molar-refractivity contribution in [2.45, 2.75) is 50.6 Å². The first-order valence-electron chi connectivity index (χ1n) is 8.86. The number of hydrogen-bond acceptors (Lipinski definition) is 4. The number of benzene rings is 1. The maximum absolute atomic E-state index is 12.7. The van der Waals surface area contributed by atoms with Crippen LogP contribution in [0.5, 0.6) is 0 Å².